The first-order valence-electron chi connectivity index (χ1n) is 7.75. The fourth-order valence-electron chi connectivity index (χ4n) is 2.81. The van der Waals surface area contributed by atoms with Gasteiger partial charge in [-0.3, -0.25) is 4.79 Å². The Hall–Kier alpha value is -2.73. The number of hydrogen-bond acceptors (Lipinski definition) is 4. The van der Waals surface area contributed by atoms with Gasteiger partial charge in [0.25, 0.3) is 5.91 Å². The third kappa shape index (κ3) is 3.25. The highest BCUT2D eigenvalue weighted by molar-refractivity contribution is 7.16. The number of aryl methyl sites for hydroxylation is 3. The lowest BCUT2D eigenvalue weighted by Gasteiger charge is -2.02. The molecule has 2 aromatic carbocycles. The van der Waals surface area contributed by atoms with Crippen molar-refractivity contribution in [3.63, 3.8) is 0 Å². The van der Waals surface area contributed by atoms with Crippen molar-refractivity contribution >= 4 is 33.4 Å². The van der Waals surface area contributed by atoms with Crippen LogP contribution in [0.1, 0.15) is 31.8 Å². The number of methoxy groups -OCH3 is 1. The van der Waals surface area contributed by atoms with Gasteiger partial charge in [0.15, 0.2) is 4.80 Å². The smallest absolute Gasteiger partial charge is 0.337 e. The van der Waals surface area contributed by atoms with Crippen molar-refractivity contribution in [1.82, 2.24) is 4.57 Å². The molecular weight excluding hydrogens is 336 g/mol. The Labute approximate surface area is 149 Å². The van der Waals surface area contributed by atoms with Crippen LogP contribution in [0, 0.1) is 13.8 Å². The molecule has 3 aromatic rings. The molecule has 0 unspecified atom stereocenters. The lowest BCUT2D eigenvalue weighted by molar-refractivity contribution is 0.0600. The van der Waals surface area contributed by atoms with Gasteiger partial charge in [0.2, 0.25) is 0 Å². The van der Waals surface area contributed by atoms with Crippen LogP contribution in [0.3, 0.4) is 0 Å². The van der Waals surface area contributed by atoms with Gasteiger partial charge in [-0.15, -0.1) is 0 Å². The fraction of sp³-hybridized carbons (Fsp3) is 0.211. The Bertz CT molecular complexity index is 1040. The average Bonchev–Trinajstić information content (AvgIpc) is 2.89. The van der Waals surface area contributed by atoms with Gasteiger partial charge < -0.3 is 9.30 Å². The van der Waals surface area contributed by atoms with Crippen LogP contribution < -0.4 is 4.80 Å². The van der Waals surface area contributed by atoms with E-state index < -0.39 is 5.97 Å². The number of esters is 1. The number of carbonyl (C=O) groups is 2. The first kappa shape index (κ1) is 17.1. The van der Waals surface area contributed by atoms with Crippen LogP contribution in [-0.2, 0) is 11.8 Å². The molecule has 0 aliphatic carbocycles. The van der Waals surface area contributed by atoms with Crippen LogP contribution in [0.15, 0.2) is 41.4 Å². The van der Waals surface area contributed by atoms with Crippen LogP contribution in [0.4, 0.5) is 0 Å². The molecule has 128 valence electrons. The third-order valence-corrected chi connectivity index (χ3v) is 5.06. The Morgan fingerprint density at radius 3 is 2.36 bits per heavy atom. The highest BCUT2D eigenvalue weighted by Crippen LogP contribution is 2.22. The quantitative estimate of drug-likeness (QED) is 0.663. The minimum atomic E-state index is -0.433. The summed E-state index contributed by atoms with van der Waals surface area (Å²) in [4.78, 5) is 28.8. The summed E-state index contributed by atoms with van der Waals surface area (Å²) in [7, 11) is 3.23. The highest BCUT2D eigenvalue weighted by Gasteiger charge is 2.11. The minimum Gasteiger partial charge on any atom is -0.465 e. The van der Waals surface area contributed by atoms with Gasteiger partial charge in [-0.25, -0.2) is 4.79 Å². The first-order chi connectivity index (χ1) is 11.9. The molecule has 0 radical (unpaired) electrons. The zero-order valence-corrected chi connectivity index (χ0v) is 15.3. The molecule has 1 heterocycles. The number of carbonyl (C=O) groups excluding carboxylic acids is 2. The predicted molar refractivity (Wildman–Crippen MR) is 97.9 cm³/mol. The second-order valence-corrected chi connectivity index (χ2v) is 6.87. The number of rotatable bonds is 2. The number of benzene rings is 2. The molecule has 5 nitrogen and oxygen atoms in total. The number of ether oxygens (including phenoxy) is 1. The predicted octanol–water partition coefficient (Wildman–Crippen LogP) is 3.38. The number of thiazole rings is 1. The van der Waals surface area contributed by atoms with Crippen LogP contribution in [0.2, 0.25) is 0 Å². The number of fused-ring (bicyclic) bond motifs is 1. The molecule has 0 atom stereocenters. The van der Waals surface area contributed by atoms with Crippen molar-refractivity contribution in [3.8, 4) is 0 Å². The molecule has 0 saturated heterocycles. The zero-order valence-electron chi connectivity index (χ0n) is 14.5. The van der Waals surface area contributed by atoms with Gasteiger partial charge in [-0.1, -0.05) is 17.4 Å². The summed E-state index contributed by atoms with van der Waals surface area (Å²) in [6.45, 7) is 4.11. The molecule has 0 spiro atoms. The molecule has 0 saturated carbocycles. The second kappa shape index (κ2) is 6.64. The van der Waals surface area contributed by atoms with Crippen molar-refractivity contribution in [3.05, 3.63) is 63.5 Å². The summed E-state index contributed by atoms with van der Waals surface area (Å²) < 4.78 is 7.70. The van der Waals surface area contributed by atoms with E-state index in [9.17, 15) is 9.59 Å². The Balaban J connectivity index is 2.01. The third-order valence-electron chi connectivity index (χ3n) is 3.98. The van der Waals surface area contributed by atoms with Gasteiger partial charge in [-0.2, -0.15) is 4.99 Å². The summed E-state index contributed by atoms with van der Waals surface area (Å²) in [5.74, 6) is -0.773. The van der Waals surface area contributed by atoms with Crippen molar-refractivity contribution in [1.29, 1.82) is 0 Å². The number of nitrogens with zero attached hydrogens (tertiary/aromatic N) is 2. The minimum absolute atomic E-state index is 0.340. The van der Waals surface area contributed by atoms with E-state index in [1.807, 2.05) is 11.6 Å². The first-order valence-corrected chi connectivity index (χ1v) is 8.56. The van der Waals surface area contributed by atoms with E-state index in [2.05, 4.69) is 35.7 Å². The van der Waals surface area contributed by atoms with Crippen LogP contribution in [0.25, 0.3) is 10.2 Å². The van der Waals surface area contributed by atoms with Crippen molar-refractivity contribution in [2.75, 3.05) is 7.11 Å². The maximum atomic E-state index is 12.5. The summed E-state index contributed by atoms with van der Waals surface area (Å²) in [6, 6.07) is 10.5. The van der Waals surface area contributed by atoms with Crippen molar-refractivity contribution in [2.45, 2.75) is 13.8 Å². The normalized spacial score (nSPS) is 11.8. The van der Waals surface area contributed by atoms with E-state index in [0.29, 0.717) is 15.9 Å². The van der Waals surface area contributed by atoms with E-state index in [4.69, 9.17) is 0 Å². The van der Waals surface area contributed by atoms with Crippen molar-refractivity contribution in [2.24, 2.45) is 12.0 Å². The maximum Gasteiger partial charge on any atom is 0.337 e. The Morgan fingerprint density at radius 2 is 1.72 bits per heavy atom. The van der Waals surface area contributed by atoms with Crippen LogP contribution >= 0.6 is 11.3 Å². The van der Waals surface area contributed by atoms with E-state index in [0.717, 1.165) is 15.8 Å². The largest absolute Gasteiger partial charge is 0.465 e. The average molecular weight is 354 g/mol. The molecule has 0 bridgehead atoms. The molecule has 0 aliphatic rings. The number of aromatic nitrogens is 1. The molecule has 6 heteroatoms. The SMILES string of the molecule is COC(=O)c1ccc(C(=O)N=c2sc3cc(C)cc(C)c3n2C)cc1. The van der Waals surface area contributed by atoms with Crippen molar-refractivity contribution < 1.29 is 14.3 Å². The molecule has 3 rings (SSSR count). The van der Waals surface area contributed by atoms with Gasteiger partial charge in [0, 0.05) is 12.6 Å². The molecule has 1 amide bonds. The molecule has 0 N–H and O–H groups in total. The molecule has 0 aliphatic heterocycles. The molecular formula is C19H18N2O3S. The van der Waals surface area contributed by atoms with Gasteiger partial charge in [-0.05, 0) is 55.3 Å². The Kier molecular flexibility index (Phi) is 4.55. The number of hydrogen-bond donors (Lipinski definition) is 0. The van der Waals surface area contributed by atoms with Gasteiger partial charge in [0.05, 0.1) is 22.9 Å². The van der Waals surface area contributed by atoms with Gasteiger partial charge in [0.1, 0.15) is 0 Å². The van der Waals surface area contributed by atoms with E-state index in [1.165, 1.54) is 24.0 Å². The summed E-state index contributed by atoms with van der Waals surface area (Å²) in [6.07, 6.45) is 0. The van der Waals surface area contributed by atoms with E-state index in [1.54, 1.807) is 24.3 Å². The summed E-state index contributed by atoms with van der Waals surface area (Å²) in [5.41, 5.74) is 4.26. The van der Waals surface area contributed by atoms with E-state index >= 15 is 0 Å². The highest BCUT2D eigenvalue weighted by atomic mass is 32.1. The maximum absolute atomic E-state index is 12.5. The van der Waals surface area contributed by atoms with E-state index in [-0.39, 0.29) is 5.91 Å². The monoisotopic (exact) mass is 354 g/mol. The second-order valence-electron chi connectivity index (χ2n) is 5.86. The standard InChI is InChI=1S/C19H18N2O3S/c1-11-9-12(2)16-15(10-11)25-19(21(16)3)20-17(22)13-5-7-14(8-6-13)18(23)24-4/h5-10H,1-4H3. The molecule has 25 heavy (non-hydrogen) atoms. The zero-order chi connectivity index (χ0) is 18.1. The topological polar surface area (TPSA) is 60.7 Å². The molecule has 1 aromatic heterocycles. The lowest BCUT2D eigenvalue weighted by atomic mass is 10.1. The summed E-state index contributed by atoms with van der Waals surface area (Å²) in [5, 5.41) is 0. The fourth-order valence-corrected chi connectivity index (χ4v) is 4.00. The number of amides is 1. The molecule has 0 fully saturated rings. The Morgan fingerprint density at radius 1 is 1.08 bits per heavy atom. The summed E-state index contributed by atoms with van der Waals surface area (Å²) >= 11 is 1.49. The van der Waals surface area contributed by atoms with Crippen LogP contribution in [0.5, 0.6) is 0 Å². The lowest BCUT2D eigenvalue weighted by Crippen LogP contribution is -2.13. The van der Waals surface area contributed by atoms with Gasteiger partial charge >= 0.3 is 5.97 Å². The van der Waals surface area contributed by atoms with Crippen LogP contribution in [-0.4, -0.2) is 23.6 Å².